The van der Waals surface area contributed by atoms with Gasteiger partial charge in [-0.2, -0.15) is 0 Å². The lowest BCUT2D eigenvalue weighted by atomic mass is 9.95. The monoisotopic (exact) mass is 311 g/mol. The number of hydrogen-bond acceptors (Lipinski definition) is 4. The highest BCUT2D eigenvalue weighted by Gasteiger charge is 2.31. The van der Waals surface area contributed by atoms with Gasteiger partial charge >= 0.3 is 0 Å². The fraction of sp³-hybridized carbons (Fsp3) is 0.533. The normalized spacial score (nSPS) is 23.0. The number of nitrogen functional groups attached to an aromatic ring is 1. The van der Waals surface area contributed by atoms with Crippen molar-refractivity contribution in [3.8, 4) is 0 Å². The van der Waals surface area contributed by atoms with E-state index in [4.69, 9.17) is 22.1 Å². The Hall–Kier alpha value is -1.30. The molecule has 1 atom stereocenters. The number of nitrogens with zero attached hydrogens (tertiary/aromatic N) is 1. The van der Waals surface area contributed by atoms with Crippen LogP contribution in [0.3, 0.4) is 0 Å². The number of halogens is 1. The first kappa shape index (κ1) is 16.1. The number of hydrogen-bond donors (Lipinski definition) is 2. The average Bonchev–Trinajstić information content (AvgIpc) is 2.43. The number of likely N-dealkylation sites (tertiary alicyclic amines) is 1. The number of anilines is 2. The van der Waals surface area contributed by atoms with Crippen molar-refractivity contribution < 1.29 is 9.53 Å². The fourth-order valence-corrected chi connectivity index (χ4v) is 2.75. The maximum Gasteiger partial charge on any atom is 0.238 e. The zero-order valence-electron chi connectivity index (χ0n) is 12.5. The first-order valence-electron chi connectivity index (χ1n) is 7.04. The van der Waals surface area contributed by atoms with Crippen LogP contribution in [-0.4, -0.2) is 43.2 Å². The molecule has 1 unspecified atom stereocenters. The summed E-state index contributed by atoms with van der Waals surface area (Å²) in [5.41, 5.74) is 6.68. The molecule has 1 aromatic carbocycles. The van der Waals surface area contributed by atoms with E-state index in [9.17, 15) is 4.79 Å². The van der Waals surface area contributed by atoms with Crippen molar-refractivity contribution in [3.63, 3.8) is 0 Å². The Morgan fingerprint density at radius 3 is 3.00 bits per heavy atom. The number of piperidine rings is 1. The molecule has 2 rings (SSSR count). The van der Waals surface area contributed by atoms with E-state index < -0.39 is 0 Å². The van der Waals surface area contributed by atoms with Crippen LogP contribution in [0.4, 0.5) is 11.4 Å². The van der Waals surface area contributed by atoms with E-state index in [0.29, 0.717) is 22.9 Å². The van der Waals surface area contributed by atoms with Crippen molar-refractivity contribution >= 4 is 28.9 Å². The molecule has 3 N–H and O–H groups in total. The Morgan fingerprint density at radius 2 is 2.33 bits per heavy atom. The number of nitrogens with one attached hydrogen (secondary N) is 1. The minimum Gasteiger partial charge on any atom is -0.397 e. The van der Waals surface area contributed by atoms with E-state index in [1.54, 1.807) is 25.3 Å². The van der Waals surface area contributed by atoms with Crippen molar-refractivity contribution in [3.05, 3.63) is 23.2 Å². The summed E-state index contributed by atoms with van der Waals surface area (Å²) in [6, 6.07) is 5.08. The molecule has 1 saturated heterocycles. The van der Waals surface area contributed by atoms with Gasteiger partial charge in [0.2, 0.25) is 5.91 Å². The molecular formula is C15H22ClN3O2. The molecule has 1 aromatic rings. The molecule has 21 heavy (non-hydrogen) atoms. The van der Waals surface area contributed by atoms with Gasteiger partial charge in [-0.25, -0.2) is 0 Å². The van der Waals surface area contributed by atoms with E-state index >= 15 is 0 Å². The highest BCUT2D eigenvalue weighted by molar-refractivity contribution is 6.33. The van der Waals surface area contributed by atoms with Crippen molar-refractivity contribution in [1.29, 1.82) is 0 Å². The van der Waals surface area contributed by atoms with E-state index in [2.05, 4.69) is 17.1 Å². The van der Waals surface area contributed by atoms with Gasteiger partial charge in [0.15, 0.2) is 0 Å². The number of amides is 1. The third kappa shape index (κ3) is 4.33. The van der Waals surface area contributed by atoms with Crippen LogP contribution in [0.15, 0.2) is 18.2 Å². The van der Waals surface area contributed by atoms with Gasteiger partial charge in [-0.15, -0.1) is 0 Å². The SMILES string of the molecule is COC1(C)CCCN(CC(=O)Nc2ccc(Cl)c(N)c2)C1. The number of rotatable bonds is 4. The second kappa shape index (κ2) is 6.64. The fourth-order valence-electron chi connectivity index (χ4n) is 2.63. The van der Waals surface area contributed by atoms with E-state index in [1.807, 2.05) is 0 Å². The highest BCUT2D eigenvalue weighted by atomic mass is 35.5. The van der Waals surface area contributed by atoms with E-state index in [0.717, 1.165) is 25.9 Å². The largest absolute Gasteiger partial charge is 0.397 e. The van der Waals surface area contributed by atoms with Crippen LogP contribution in [0.5, 0.6) is 0 Å². The maximum atomic E-state index is 12.1. The topological polar surface area (TPSA) is 67.6 Å². The Kier molecular flexibility index (Phi) is 5.08. The molecule has 0 radical (unpaired) electrons. The zero-order chi connectivity index (χ0) is 15.5. The quantitative estimate of drug-likeness (QED) is 0.838. The van der Waals surface area contributed by atoms with Crippen LogP contribution < -0.4 is 11.1 Å². The summed E-state index contributed by atoms with van der Waals surface area (Å²) in [7, 11) is 1.72. The van der Waals surface area contributed by atoms with Crippen LogP contribution in [-0.2, 0) is 9.53 Å². The van der Waals surface area contributed by atoms with Crippen molar-refractivity contribution in [2.24, 2.45) is 0 Å². The molecule has 1 aliphatic rings. The lowest BCUT2D eigenvalue weighted by Crippen LogP contribution is -2.49. The first-order chi connectivity index (χ1) is 9.92. The highest BCUT2D eigenvalue weighted by Crippen LogP contribution is 2.24. The minimum atomic E-state index is -0.163. The average molecular weight is 312 g/mol. The van der Waals surface area contributed by atoms with Crippen molar-refractivity contribution in [2.75, 3.05) is 37.8 Å². The second-order valence-corrected chi connectivity index (χ2v) is 6.16. The molecular weight excluding hydrogens is 290 g/mol. The van der Waals surface area contributed by atoms with Crippen LogP contribution in [0.2, 0.25) is 5.02 Å². The van der Waals surface area contributed by atoms with Gasteiger partial charge in [-0.05, 0) is 44.5 Å². The Balaban J connectivity index is 1.91. The van der Waals surface area contributed by atoms with Gasteiger partial charge < -0.3 is 15.8 Å². The predicted molar refractivity (Wildman–Crippen MR) is 85.6 cm³/mol. The number of benzene rings is 1. The summed E-state index contributed by atoms with van der Waals surface area (Å²) in [5, 5.41) is 3.33. The molecule has 0 aliphatic carbocycles. The molecule has 6 heteroatoms. The summed E-state index contributed by atoms with van der Waals surface area (Å²) < 4.78 is 5.53. The summed E-state index contributed by atoms with van der Waals surface area (Å²) >= 11 is 5.86. The molecule has 1 fully saturated rings. The Labute approximate surface area is 130 Å². The third-order valence-electron chi connectivity index (χ3n) is 3.88. The maximum absolute atomic E-state index is 12.1. The van der Waals surface area contributed by atoms with Gasteiger partial charge in [-0.3, -0.25) is 9.69 Å². The molecule has 0 saturated carbocycles. The van der Waals surface area contributed by atoms with Crippen molar-refractivity contribution in [2.45, 2.75) is 25.4 Å². The number of carbonyl (C=O) groups excluding carboxylic acids is 1. The summed E-state index contributed by atoms with van der Waals surface area (Å²) in [4.78, 5) is 14.2. The molecule has 0 spiro atoms. The van der Waals surface area contributed by atoms with Crippen LogP contribution >= 0.6 is 11.6 Å². The molecule has 1 amide bonds. The van der Waals surface area contributed by atoms with Crippen LogP contribution in [0.25, 0.3) is 0 Å². The predicted octanol–water partition coefficient (Wildman–Crippen LogP) is 2.36. The number of ether oxygens (including phenoxy) is 1. The molecule has 0 aromatic heterocycles. The smallest absolute Gasteiger partial charge is 0.238 e. The van der Waals surface area contributed by atoms with Gasteiger partial charge in [0.25, 0.3) is 0 Å². The number of nitrogens with two attached hydrogens (primary N) is 1. The van der Waals surface area contributed by atoms with E-state index in [1.165, 1.54) is 0 Å². The lowest BCUT2D eigenvalue weighted by molar-refractivity contribution is -0.119. The summed E-state index contributed by atoms with van der Waals surface area (Å²) in [5.74, 6) is -0.0583. The zero-order valence-corrected chi connectivity index (χ0v) is 13.2. The summed E-state index contributed by atoms with van der Waals surface area (Å²) in [6.45, 7) is 4.10. The van der Waals surface area contributed by atoms with Gasteiger partial charge in [-0.1, -0.05) is 11.6 Å². The molecule has 116 valence electrons. The first-order valence-corrected chi connectivity index (χ1v) is 7.42. The van der Waals surface area contributed by atoms with E-state index in [-0.39, 0.29) is 11.5 Å². The third-order valence-corrected chi connectivity index (χ3v) is 4.22. The van der Waals surface area contributed by atoms with Crippen LogP contribution in [0.1, 0.15) is 19.8 Å². The summed E-state index contributed by atoms with van der Waals surface area (Å²) in [6.07, 6.45) is 2.06. The number of carbonyl (C=O) groups is 1. The van der Waals surface area contributed by atoms with Crippen molar-refractivity contribution in [1.82, 2.24) is 4.90 Å². The second-order valence-electron chi connectivity index (χ2n) is 5.75. The number of methoxy groups -OCH3 is 1. The standard InChI is InChI=1S/C15H22ClN3O2/c1-15(21-2)6-3-7-19(10-15)9-14(20)18-11-4-5-12(16)13(17)8-11/h4-5,8H,3,6-7,9-10,17H2,1-2H3,(H,18,20). The van der Waals surface area contributed by atoms with Crippen LogP contribution in [0, 0.1) is 0 Å². The van der Waals surface area contributed by atoms with Gasteiger partial charge in [0.1, 0.15) is 0 Å². The molecule has 1 heterocycles. The Morgan fingerprint density at radius 1 is 1.57 bits per heavy atom. The molecule has 1 aliphatic heterocycles. The Bertz CT molecular complexity index is 524. The molecule has 5 nitrogen and oxygen atoms in total. The lowest BCUT2D eigenvalue weighted by Gasteiger charge is -2.39. The van der Waals surface area contributed by atoms with Gasteiger partial charge in [0, 0.05) is 19.3 Å². The molecule has 0 bridgehead atoms. The minimum absolute atomic E-state index is 0.0583. The van der Waals surface area contributed by atoms with Gasteiger partial charge in [0.05, 0.1) is 22.9 Å².